The maximum atomic E-state index is 12.6. The van der Waals surface area contributed by atoms with Crippen LogP contribution in [0.4, 0.5) is 13.2 Å². The van der Waals surface area contributed by atoms with E-state index in [-0.39, 0.29) is 5.75 Å². The van der Waals surface area contributed by atoms with Crippen molar-refractivity contribution in [2.24, 2.45) is 5.73 Å². The van der Waals surface area contributed by atoms with Gasteiger partial charge in [0.1, 0.15) is 11.9 Å². The number of ether oxygens (including phenoxy) is 1. The van der Waals surface area contributed by atoms with Crippen molar-refractivity contribution in [2.45, 2.75) is 18.7 Å². The lowest BCUT2D eigenvalue weighted by atomic mass is 10.1. The predicted octanol–water partition coefficient (Wildman–Crippen LogP) is 3.77. The zero-order valence-electron chi connectivity index (χ0n) is 10.6. The highest BCUT2D eigenvalue weighted by Gasteiger charge is 2.30. The summed E-state index contributed by atoms with van der Waals surface area (Å²) in [5.41, 5.74) is 5.50. The van der Waals surface area contributed by atoms with Gasteiger partial charge in [0, 0.05) is 12.0 Å². The maximum absolute atomic E-state index is 12.6. The molecule has 2 N–H and O–H groups in total. The summed E-state index contributed by atoms with van der Waals surface area (Å²) < 4.78 is 48.5. The predicted molar refractivity (Wildman–Crippen MR) is 67.2 cm³/mol. The van der Waals surface area contributed by atoms with Gasteiger partial charge < -0.3 is 14.9 Å². The smallest absolute Gasteiger partial charge is 0.416 e. The van der Waals surface area contributed by atoms with Crippen molar-refractivity contribution < 1.29 is 22.3 Å². The summed E-state index contributed by atoms with van der Waals surface area (Å²) >= 11 is 0. The Morgan fingerprint density at radius 3 is 2.65 bits per heavy atom. The fourth-order valence-electron chi connectivity index (χ4n) is 1.81. The Morgan fingerprint density at radius 2 is 2.05 bits per heavy atom. The van der Waals surface area contributed by atoms with Crippen LogP contribution in [0.5, 0.6) is 5.75 Å². The molecule has 2 rings (SSSR count). The highest BCUT2D eigenvalue weighted by Crippen LogP contribution is 2.33. The van der Waals surface area contributed by atoms with E-state index in [1.165, 1.54) is 24.7 Å². The summed E-state index contributed by atoms with van der Waals surface area (Å²) in [5, 5.41) is 0. The van der Waals surface area contributed by atoms with E-state index >= 15 is 0 Å². The number of halogens is 3. The summed E-state index contributed by atoms with van der Waals surface area (Å²) in [5.74, 6) is 0.152. The Morgan fingerprint density at radius 1 is 1.25 bits per heavy atom. The van der Waals surface area contributed by atoms with E-state index < -0.39 is 17.8 Å². The monoisotopic (exact) mass is 285 g/mol. The van der Waals surface area contributed by atoms with Crippen LogP contribution in [-0.2, 0) is 6.18 Å². The quantitative estimate of drug-likeness (QED) is 0.909. The molecule has 1 aromatic carbocycles. The van der Waals surface area contributed by atoms with E-state index in [4.69, 9.17) is 14.9 Å². The Hall–Kier alpha value is -1.95. The molecule has 0 aliphatic carbocycles. The van der Waals surface area contributed by atoms with Gasteiger partial charge in [-0.1, -0.05) is 6.07 Å². The molecule has 1 aromatic heterocycles. The first kappa shape index (κ1) is 14.5. The molecule has 0 amide bonds. The summed E-state index contributed by atoms with van der Waals surface area (Å²) in [6.07, 6.45) is -1.36. The molecule has 2 aromatic rings. The molecule has 0 fully saturated rings. The molecule has 1 unspecified atom stereocenters. The number of furan rings is 1. The van der Waals surface area contributed by atoms with Gasteiger partial charge in [0.2, 0.25) is 0 Å². The lowest BCUT2D eigenvalue weighted by molar-refractivity contribution is -0.137. The first-order valence-electron chi connectivity index (χ1n) is 6.07. The minimum Gasteiger partial charge on any atom is -0.486 e. The SMILES string of the molecule is NCCC(Oc1cccc(C(F)(F)F)c1)c1ccoc1. The van der Waals surface area contributed by atoms with Gasteiger partial charge in [-0.15, -0.1) is 0 Å². The largest absolute Gasteiger partial charge is 0.486 e. The van der Waals surface area contributed by atoms with Crippen LogP contribution in [-0.4, -0.2) is 6.54 Å². The Bertz CT molecular complexity index is 538. The van der Waals surface area contributed by atoms with Crippen molar-refractivity contribution >= 4 is 0 Å². The van der Waals surface area contributed by atoms with E-state index in [0.717, 1.165) is 17.7 Å². The van der Waals surface area contributed by atoms with E-state index in [1.54, 1.807) is 6.07 Å². The molecule has 1 heterocycles. The average Bonchev–Trinajstić information content (AvgIpc) is 2.91. The van der Waals surface area contributed by atoms with Crippen molar-refractivity contribution in [1.29, 1.82) is 0 Å². The van der Waals surface area contributed by atoms with Crippen molar-refractivity contribution in [3.05, 3.63) is 54.0 Å². The third-order valence-electron chi connectivity index (χ3n) is 2.78. The molecule has 0 saturated carbocycles. The second-order valence-electron chi connectivity index (χ2n) is 4.27. The third-order valence-corrected chi connectivity index (χ3v) is 2.78. The molecule has 0 saturated heterocycles. The molecule has 0 aliphatic rings. The number of benzene rings is 1. The van der Waals surface area contributed by atoms with Crippen LogP contribution in [0.25, 0.3) is 0 Å². The van der Waals surface area contributed by atoms with E-state index in [2.05, 4.69) is 0 Å². The highest BCUT2D eigenvalue weighted by molar-refractivity contribution is 5.31. The number of hydrogen-bond acceptors (Lipinski definition) is 3. The van der Waals surface area contributed by atoms with Gasteiger partial charge in [0.15, 0.2) is 0 Å². The number of alkyl halides is 3. The Balaban J connectivity index is 2.19. The van der Waals surface area contributed by atoms with Gasteiger partial charge in [0.05, 0.1) is 18.1 Å². The van der Waals surface area contributed by atoms with Crippen LogP contribution in [0.15, 0.2) is 47.3 Å². The second-order valence-corrected chi connectivity index (χ2v) is 4.27. The van der Waals surface area contributed by atoms with E-state index in [1.807, 2.05) is 0 Å². The molecular formula is C14H14F3NO2. The van der Waals surface area contributed by atoms with Gasteiger partial charge in [-0.05, 0) is 30.8 Å². The molecule has 0 bridgehead atoms. The second kappa shape index (κ2) is 6.00. The van der Waals surface area contributed by atoms with E-state index in [0.29, 0.717) is 13.0 Å². The first-order valence-corrected chi connectivity index (χ1v) is 6.07. The summed E-state index contributed by atoms with van der Waals surface area (Å²) in [4.78, 5) is 0. The van der Waals surface area contributed by atoms with Gasteiger partial charge in [-0.25, -0.2) is 0 Å². The van der Waals surface area contributed by atoms with Crippen molar-refractivity contribution in [1.82, 2.24) is 0 Å². The summed E-state index contributed by atoms with van der Waals surface area (Å²) in [6.45, 7) is 0.356. The topological polar surface area (TPSA) is 48.4 Å². The van der Waals surface area contributed by atoms with Crippen molar-refractivity contribution in [3.63, 3.8) is 0 Å². The van der Waals surface area contributed by atoms with Gasteiger partial charge >= 0.3 is 6.18 Å². The fraction of sp³-hybridized carbons (Fsp3) is 0.286. The fourth-order valence-corrected chi connectivity index (χ4v) is 1.81. The lowest BCUT2D eigenvalue weighted by Crippen LogP contribution is -2.13. The Labute approximate surface area is 114 Å². The molecule has 3 nitrogen and oxygen atoms in total. The zero-order chi connectivity index (χ0) is 14.6. The molecule has 1 atom stereocenters. The van der Waals surface area contributed by atoms with Crippen LogP contribution in [0.2, 0.25) is 0 Å². The Kier molecular flexibility index (Phi) is 4.34. The zero-order valence-corrected chi connectivity index (χ0v) is 10.6. The minimum atomic E-state index is -4.39. The van der Waals surface area contributed by atoms with Crippen molar-refractivity contribution in [2.75, 3.05) is 6.54 Å². The lowest BCUT2D eigenvalue weighted by Gasteiger charge is -2.18. The molecule has 6 heteroatoms. The van der Waals surface area contributed by atoms with Crippen LogP contribution >= 0.6 is 0 Å². The number of hydrogen-bond donors (Lipinski definition) is 1. The molecule has 108 valence electrons. The van der Waals surface area contributed by atoms with E-state index in [9.17, 15) is 13.2 Å². The number of rotatable bonds is 5. The maximum Gasteiger partial charge on any atom is 0.416 e. The molecule has 20 heavy (non-hydrogen) atoms. The summed E-state index contributed by atoms with van der Waals surface area (Å²) in [7, 11) is 0. The molecule has 0 spiro atoms. The molecular weight excluding hydrogens is 271 g/mol. The third kappa shape index (κ3) is 3.54. The van der Waals surface area contributed by atoms with Gasteiger partial charge in [-0.3, -0.25) is 0 Å². The van der Waals surface area contributed by atoms with Gasteiger partial charge in [0.25, 0.3) is 0 Å². The van der Waals surface area contributed by atoms with Crippen LogP contribution in [0.3, 0.4) is 0 Å². The van der Waals surface area contributed by atoms with Gasteiger partial charge in [-0.2, -0.15) is 13.2 Å². The average molecular weight is 285 g/mol. The van der Waals surface area contributed by atoms with Crippen LogP contribution < -0.4 is 10.5 Å². The summed E-state index contributed by atoms with van der Waals surface area (Å²) in [6, 6.07) is 6.48. The first-order chi connectivity index (χ1) is 9.50. The molecule has 0 aliphatic heterocycles. The van der Waals surface area contributed by atoms with Crippen molar-refractivity contribution in [3.8, 4) is 5.75 Å². The van der Waals surface area contributed by atoms with Crippen LogP contribution in [0, 0.1) is 0 Å². The van der Waals surface area contributed by atoms with Crippen LogP contribution in [0.1, 0.15) is 23.7 Å². The normalized spacial score (nSPS) is 13.2. The standard InChI is InChI=1S/C14H14F3NO2/c15-14(16,17)11-2-1-3-12(8-11)20-13(4-6-18)10-5-7-19-9-10/h1-3,5,7-9,13H,4,6,18H2. The number of nitrogens with two attached hydrogens (primary N) is 1. The molecule has 0 radical (unpaired) electrons. The highest BCUT2D eigenvalue weighted by atomic mass is 19.4. The minimum absolute atomic E-state index is 0.152.